The second kappa shape index (κ2) is 7.35. The molecule has 24 heavy (non-hydrogen) atoms. The topological polar surface area (TPSA) is 72.7 Å². The quantitative estimate of drug-likeness (QED) is 0.748. The number of imidazole rings is 1. The number of pyridine rings is 1. The molecule has 7 heteroatoms. The summed E-state index contributed by atoms with van der Waals surface area (Å²) in [6.07, 6.45) is 5.65. The average molecular weight is 341 g/mol. The maximum Gasteiger partial charge on any atom is 0.226 e. The molecule has 0 aromatic carbocycles. The van der Waals surface area contributed by atoms with Gasteiger partial charge in [0.1, 0.15) is 10.8 Å². The summed E-state index contributed by atoms with van der Waals surface area (Å²) in [6.45, 7) is 4.82. The number of carbonyl (C=O) groups is 1. The third kappa shape index (κ3) is 3.68. The Bertz CT molecular complexity index is 811. The normalized spacial score (nSPS) is 12.1. The van der Waals surface area contributed by atoms with Crippen LogP contribution in [-0.4, -0.2) is 25.4 Å². The van der Waals surface area contributed by atoms with E-state index in [1.807, 2.05) is 48.2 Å². The highest BCUT2D eigenvalue weighted by Crippen LogP contribution is 2.21. The monoisotopic (exact) mass is 341 g/mol. The van der Waals surface area contributed by atoms with Crippen LogP contribution in [0.25, 0.3) is 10.7 Å². The van der Waals surface area contributed by atoms with Crippen LogP contribution in [-0.2, 0) is 17.8 Å². The first kappa shape index (κ1) is 16.3. The molecule has 0 fully saturated rings. The number of thiazole rings is 1. The summed E-state index contributed by atoms with van der Waals surface area (Å²) >= 11 is 1.50. The number of aromatic nitrogens is 4. The predicted octanol–water partition coefficient (Wildman–Crippen LogP) is 2.84. The summed E-state index contributed by atoms with van der Waals surface area (Å²) in [5.74, 6) is 0.796. The van der Waals surface area contributed by atoms with Gasteiger partial charge < -0.3 is 9.88 Å². The summed E-state index contributed by atoms with van der Waals surface area (Å²) < 4.78 is 2.02. The summed E-state index contributed by atoms with van der Waals surface area (Å²) in [7, 11) is 0. The number of nitrogens with zero attached hydrogens (tertiary/aromatic N) is 4. The molecule has 1 N–H and O–H groups in total. The van der Waals surface area contributed by atoms with Crippen molar-refractivity contribution in [2.24, 2.45) is 0 Å². The van der Waals surface area contributed by atoms with E-state index in [9.17, 15) is 4.79 Å². The Kier molecular flexibility index (Phi) is 5.00. The van der Waals surface area contributed by atoms with Gasteiger partial charge in [-0.3, -0.25) is 9.78 Å². The highest BCUT2D eigenvalue weighted by molar-refractivity contribution is 7.13. The van der Waals surface area contributed by atoms with Crippen molar-refractivity contribution in [1.29, 1.82) is 0 Å². The summed E-state index contributed by atoms with van der Waals surface area (Å²) in [4.78, 5) is 25.4. The number of hydrogen-bond acceptors (Lipinski definition) is 5. The fraction of sp³-hybridized carbons (Fsp3) is 0.294. The summed E-state index contributed by atoms with van der Waals surface area (Å²) in [6, 6.07) is 5.57. The Balaban J connectivity index is 1.62. The van der Waals surface area contributed by atoms with Gasteiger partial charge in [0.2, 0.25) is 5.91 Å². The lowest BCUT2D eigenvalue weighted by atomic mass is 10.2. The van der Waals surface area contributed by atoms with Gasteiger partial charge in [-0.05, 0) is 26.0 Å². The minimum atomic E-state index is -0.138. The van der Waals surface area contributed by atoms with E-state index in [0.29, 0.717) is 0 Å². The Labute approximate surface area is 144 Å². The molecule has 0 bridgehead atoms. The van der Waals surface area contributed by atoms with Crippen LogP contribution < -0.4 is 5.32 Å². The molecule has 1 amide bonds. The molecule has 1 atom stereocenters. The van der Waals surface area contributed by atoms with Crippen molar-refractivity contribution < 1.29 is 4.79 Å². The van der Waals surface area contributed by atoms with Crippen molar-refractivity contribution in [3.8, 4) is 10.7 Å². The third-order valence-electron chi connectivity index (χ3n) is 3.63. The van der Waals surface area contributed by atoms with E-state index in [0.717, 1.165) is 28.8 Å². The fourth-order valence-electron chi connectivity index (χ4n) is 2.49. The molecular weight excluding hydrogens is 322 g/mol. The van der Waals surface area contributed by atoms with Gasteiger partial charge >= 0.3 is 0 Å². The van der Waals surface area contributed by atoms with Crippen molar-refractivity contribution in [1.82, 2.24) is 24.8 Å². The Morgan fingerprint density at radius 2 is 2.21 bits per heavy atom. The molecule has 0 spiro atoms. The average Bonchev–Trinajstić information content (AvgIpc) is 3.24. The van der Waals surface area contributed by atoms with Crippen molar-refractivity contribution >= 4 is 17.2 Å². The smallest absolute Gasteiger partial charge is 0.226 e. The minimum Gasteiger partial charge on any atom is -0.346 e. The van der Waals surface area contributed by atoms with Gasteiger partial charge in [0, 0.05) is 30.5 Å². The van der Waals surface area contributed by atoms with Crippen LogP contribution >= 0.6 is 11.3 Å². The van der Waals surface area contributed by atoms with Crippen molar-refractivity contribution in [2.45, 2.75) is 32.9 Å². The predicted molar refractivity (Wildman–Crippen MR) is 93.5 cm³/mol. The zero-order chi connectivity index (χ0) is 16.9. The molecule has 0 saturated heterocycles. The van der Waals surface area contributed by atoms with Crippen LogP contribution in [0.2, 0.25) is 0 Å². The van der Waals surface area contributed by atoms with Gasteiger partial charge in [0.25, 0.3) is 0 Å². The molecule has 0 aliphatic carbocycles. The zero-order valence-corrected chi connectivity index (χ0v) is 14.5. The van der Waals surface area contributed by atoms with Gasteiger partial charge in [-0.2, -0.15) is 0 Å². The number of aryl methyl sites for hydroxylation is 1. The number of nitrogens with one attached hydrogen (secondary N) is 1. The van der Waals surface area contributed by atoms with Crippen LogP contribution in [0.4, 0.5) is 0 Å². The van der Waals surface area contributed by atoms with Gasteiger partial charge in [0.05, 0.1) is 23.9 Å². The largest absolute Gasteiger partial charge is 0.346 e. The summed E-state index contributed by atoms with van der Waals surface area (Å²) in [5.41, 5.74) is 1.58. The van der Waals surface area contributed by atoms with Crippen molar-refractivity contribution in [2.75, 3.05) is 0 Å². The van der Waals surface area contributed by atoms with Gasteiger partial charge in [0.15, 0.2) is 0 Å². The second-order valence-electron chi connectivity index (χ2n) is 5.40. The third-order valence-corrected chi connectivity index (χ3v) is 4.54. The molecule has 0 radical (unpaired) electrons. The Morgan fingerprint density at radius 3 is 2.96 bits per heavy atom. The van der Waals surface area contributed by atoms with Crippen LogP contribution in [0.15, 0.2) is 42.2 Å². The Morgan fingerprint density at radius 1 is 1.33 bits per heavy atom. The van der Waals surface area contributed by atoms with E-state index < -0.39 is 0 Å². The molecule has 0 aliphatic heterocycles. The standard InChI is InChI=1S/C17H19N5OS/c1-3-22-9-8-19-16(22)12(2)20-15(23)10-13-11-24-17(21-13)14-6-4-5-7-18-14/h4-9,11-12H,3,10H2,1-2H3,(H,20,23). The number of carbonyl (C=O) groups excluding carboxylic acids is 1. The zero-order valence-electron chi connectivity index (χ0n) is 13.6. The molecule has 0 saturated carbocycles. The maximum absolute atomic E-state index is 12.3. The van der Waals surface area contributed by atoms with Crippen LogP contribution in [0.3, 0.4) is 0 Å². The lowest BCUT2D eigenvalue weighted by molar-refractivity contribution is -0.121. The SMILES string of the molecule is CCn1ccnc1C(C)NC(=O)Cc1csc(-c2ccccn2)n1. The van der Waals surface area contributed by atoms with Gasteiger partial charge in [-0.1, -0.05) is 6.07 Å². The molecule has 3 rings (SSSR count). The van der Waals surface area contributed by atoms with Crippen molar-refractivity contribution in [3.63, 3.8) is 0 Å². The molecule has 3 aromatic heterocycles. The molecule has 3 aromatic rings. The maximum atomic E-state index is 12.3. The van der Waals surface area contributed by atoms with E-state index in [-0.39, 0.29) is 18.4 Å². The molecule has 1 unspecified atom stereocenters. The van der Waals surface area contributed by atoms with Gasteiger partial charge in [-0.15, -0.1) is 11.3 Å². The minimum absolute atomic E-state index is 0.0639. The van der Waals surface area contributed by atoms with Crippen LogP contribution in [0.5, 0.6) is 0 Å². The number of amides is 1. The molecule has 6 nitrogen and oxygen atoms in total. The van der Waals surface area contributed by atoms with Crippen molar-refractivity contribution in [3.05, 3.63) is 53.7 Å². The number of hydrogen-bond donors (Lipinski definition) is 1. The Hall–Kier alpha value is -2.54. The second-order valence-corrected chi connectivity index (χ2v) is 6.25. The lowest BCUT2D eigenvalue weighted by Crippen LogP contribution is -2.30. The van der Waals surface area contributed by atoms with Gasteiger partial charge in [-0.25, -0.2) is 9.97 Å². The molecule has 3 heterocycles. The van der Waals surface area contributed by atoms with E-state index in [1.165, 1.54) is 11.3 Å². The fourth-order valence-corrected chi connectivity index (χ4v) is 3.28. The van der Waals surface area contributed by atoms with Crippen LogP contribution in [0, 0.1) is 0 Å². The molecular formula is C17H19N5OS. The van der Waals surface area contributed by atoms with Crippen LogP contribution in [0.1, 0.15) is 31.4 Å². The highest BCUT2D eigenvalue weighted by Gasteiger charge is 2.15. The van der Waals surface area contributed by atoms with E-state index in [1.54, 1.807) is 12.4 Å². The first-order valence-electron chi connectivity index (χ1n) is 7.83. The summed E-state index contributed by atoms with van der Waals surface area (Å²) in [5, 5.41) is 5.71. The first-order valence-corrected chi connectivity index (χ1v) is 8.71. The first-order chi connectivity index (χ1) is 11.7. The highest BCUT2D eigenvalue weighted by atomic mass is 32.1. The van der Waals surface area contributed by atoms with E-state index in [4.69, 9.17) is 0 Å². The lowest BCUT2D eigenvalue weighted by Gasteiger charge is -2.14. The number of rotatable bonds is 6. The molecule has 0 aliphatic rings. The van der Waals surface area contributed by atoms with E-state index >= 15 is 0 Å². The van der Waals surface area contributed by atoms with E-state index in [2.05, 4.69) is 20.3 Å². The molecule has 124 valence electrons.